The van der Waals surface area contributed by atoms with Crippen LogP contribution in [0.1, 0.15) is 19.8 Å². The summed E-state index contributed by atoms with van der Waals surface area (Å²) in [5.74, 6) is 0.964. The van der Waals surface area contributed by atoms with Crippen LogP contribution >= 0.6 is 0 Å². The van der Waals surface area contributed by atoms with Crippen LogP contribution in [0.3, 0.4) is 0 Å². The first-order valence-electron chi connectivity index (χ1n) is 10.9. The Kier molecular flexibility index (Phi) is 7.13. The second kappa shape index (κ2) is 10.2. The van der Waals surface area contributed by atoms with Crippen molar-refractivity contribution in [3.63, 3.8) is 0 Å². The third kappa shape index (κ3) is 5.20. The van der Waals surface area contributed by atoms with E-state index in [1.807, 2.05) is 6.92 Å². The molecule has 0 unspecified atom stereocenters. The fraction of sp³-hybridized carbons (Fsp3) is 0.348. The summed E-state index contributed by atoms with van der Waals surface area (Å²) in [5.41, 5.74) is 0.702. The number of rotatable bonds is 8. The van der Waals surface area contributed by atoms with Crippen LogP contribution in [0.2, 0.25) is 0 Å². The Morgan fingerprint density at radius 2 is 1.71 bits per heavy atom. The molecule has 1 aromatic heterocycles. The lowest BCUT2D eigenvalue weighted by atomic mass is 9.97. The van der Waals surface area contributed by atoms with E-state index in [9.17, 15) is 13.2 Å². The summed E-state index contributed by atoms with van der Waals surface area (Å²) in [5, 5.41) is 10.5. The van der Waals surface area contributed by atoms with Gasteiger partial charge >= 0.3 is 6.01 Å². The molecule has 0 aliphatic carbocycles. The number of methoxy groups -OCH3 is 1. The number of hydrogen-bond acceptors (Lipinski definition) is 8. The highest BCUT2D eigenvalue weighted by Gasteiger charge is 2.32. The van der Waals surface area contributed by atoms with Crippen molar-refractivity contribution in [3.05, 3.63) is 48.5 Å². The predicted molar refractivity (Wildman–Crippen MR) is 124 cm³/mol. The van der Waals surface area contributed by atoms with Gasteiger partial charge in [0.25, 0.3) is 0 Å². The molecule has 1 aliphatic rings. The summed E-state index contributed by atoms with van der Waals surface area (Å²) >= 11 is 0. The van der Waals surface area contributed by atoms with Crippen molar-refractivity contribution in [1.29, 1.82) is 0 Å². The van der Waals surface area contributed by atoms with E-state index in [1.54, 1.807) is 36.4 Å². The Morgan fingerprint density at radius 3 is 2.32 bits per heavy atom. The largest absolute Gasteiger partial charge is 0.497 e. The normalized spacial score (nSPS) is 15.1. The maximum Gasteiger partial charge on any atom is 0.322 e. The average Bonchev–Trinajstić information content (AvgIpc) is 3.33. The Balaban J connectivity index is 1.33. The number of benzene rings is 2. The standard InChI is InChI=1S/C23H26N4O6S/c1-3-32-19-6-4-17(5-7-19)22-25-26-23(33-22)24-21(28)16-12-14-27(15-13-16)34(29,30)20-10-8-18(31-2)9-11-20/h4-11,16H,3,12-15H2,1-2H3,(H,24,26,28). The van der Waals surface area contributed by atoms with E-state index >= 15 is 0 Å². The maximum atomic E-state index is 12.9. The molecule has 4 rings (SSSR count). The number of aromatic nitrogens is 2. The van der Waals surface area contributed by atoms with Crippen molar-refractivity contribution in [1.82, 2.24) is 14.5 Å². The number of carbonyl (C=O) groups is 1. The topological polar surface area (TPSA) is 124 Å². The highest BCUT2D eigenvalue weighted by Crippen LogP contribution is 2.27. The average molecular weight is 487 g/mol. The quantitative estimate of drug-likeness (QED) is 0.515. The highest BCUT2D eigenvalue weighted by molar-refractivity contribution is 7.89. The lowest BCUT2D eigenvalue weighted by molar-refractivity contribution is -0.121. The van der Waals surface area contributed by atoms with Gasteiger partial charge in [-0.3, -0.25) is 10.1 Å². The van der Waals surface area contributed by atoms with Crippen LogP contribution in [0.25, 0.3) is 11.5 Å². The van der Waals surface area contributed by atoms with Crippen molar-refractivity contribution < 1.29 is 27.1 Å². The fourth-order valence-corrected chi connectivity index (χ4v) is 5.18. The second-order valence-corrected chi connectivity index (χ2v) is 9.65. The lowest BCUT2D eigenvalue weighted by Gasteiger charge is -2.30. The molecule has 0 spiro atoms. The fourth-order valence-electron chi connectivity index (χ4n) is 3.71. The van der Waals surface area contributed by atoms with Gasteiger partial charge < -0.3 is 13.9 Å². The first-order valence-corrected chi connectivity index (χ1v) is 12.4. The molecular weight excluding hydrogens is 460 g/mol. The van der Waals surface area contributed by atoms with Gasteiger partial charge in [0.2, 0.25) is 21.8 Å². The number of amides is 1. The van der Waals surface area contributed by atoms with Gasteiger partial charge in [0.05, 0.1) is 18.6 Å². The zero-order valence-electron chi connectivity index (χ0n) is 18.9. The van der Waals surface area contributed by atoms with Crippen LogP contribution in [-0.4, -0.2) is 55.6 Å². The zero-order valence-corrected chi connectivity index (χ0v) is 19.7. The Morgan fingerprint density at radius 1 is 1.06 bits per heavy atom. The number of nitrogens with one attached hydrogen (secondary N) is 1. The molecule has 0 radical (unpaired) electrons. The van der Waals surface area contributed by atoms with E-state index in [1.165, 1.54) is 23.5 Å². The number of nitrogens with zero attached hydrogens (tertiary/aromatic N) is 3. The van der Waals surface area contributed by atoms with Gasteiger partial charge in [0.1, 0.15) is 11.5 Å². The molecule has 0 saturated carbocycles. The van der Waals surface area contributed by atoms with Gasteiger partial charge in [-0.25, -0.2) is 8.42 Å². The molecule has 34 heavy (non-hydrogen) atoms. The third-order valence-electron chi connectivity index (χ3n) is 5.59. The Labute approximate surface area is 197 Å². The van der Waals surface area contributed by atoms with Crippen LogP contribution < -0.4 is 14.8 Å². The van der Waals surface area contributed by atoms with Crippen LogP contribution in [0.4, 0.5) is 6.01 Å². The molecule has 0 bridgehead atoms. The molecule has 1 aliphatic heterocycles. The minimum absolute atomic E-state index is 0.00201. The van der Waals surface area contributed by atoms with Crippen LogP contribution in [0.5, 0.6) is 11.5 Å². The number of piperidine rings is 1. The van der Waals surface area contributed by atoms with E-state index in [-0.39, 0.29) is 41.7 Å². The van der Waals surface area contributed by atoms with Crippen molar-refractivity contribution in [2.45, 2.75) is 24.7 Å². The highest BCUT2D eigenvalue weighted by atomic mass is 32.2. The molecule has 1 N–H and O–H groups in total. The second-order valence-electron chi connectivity index (χ2n) is 7.71. The minimum atomic E-state index is -3.63. The summed E-state index contributed by atoms with van der Waals surface area (Å²) in [6, 6.07) is 13.4. The summed E-state index contributed by atoms with van der Waals surface area (Å²) in [6.45, 7) is 2.97. The first-order chi connectivity index (χ1) is 16.4. The third-order valence-corrected chi connectivity index (χ3v) is 7.50. The van der Waals surface area contributed by atoms with Crippen LogP contribution in [0, 0.1) is 5.92 Å². The summed E-state index contributed by atoms with van der Waals surface area (Å²) < 4.78 is 43.3. The van der Waals surface area contributed by atoms with Crippen LogP contribution in [-0.2, 0) is 14.8 Å². The van der Waals surface area contributed by atoms with E-state index in [4.69, 9.17) is 13.9 Å². The van der Waals surface area contributed by atoms with E-state index in [0.29, 0.717) is 30.8 Å². The maximum absolute atomic E-state index is 12.9. The van der Waals surface area contributed by atoms with E-state index in [0.717, 1.165) is 5.75 Å². The molecule has 1 saturated heterocycles. The Hall–Kier alpha value is -3.44. The number of hydrogen-bond donors (Lipinski definition) is 1. The number of sulfonamides is 1. The summed E-state index contributed by atoms with van der Waals surface area (Å²) in [7, 11) is -2.11. The molecule has 180 valence electrons. The summed E-state index contributed by atoms with van der Waals surface area (Å²) in [4.78, 5) is 12.9. The van der Waals surface area contributed by atoms with Crippen LogP contribution in [0.15, 0.2) is 57.8 Å². The number of carbonyl (C=O) groups excluding carboxylic acids is 1. The SMILES string of the molecule is CCOc1ccc(-c2nnc(NC(=O)C3CCN(S(=O)(=O)c4ccc(OC)cc4)CC3)o2)cc1. The molecule has 2 heterocycles. The molecule has 10 nitrogen and oxygen atoms in total. The van der Waals surface area contributed by atoms with Gasteiger partial charge in [-0.05, 0) is 68.3 Å². The van der Waals surface area contributed by atoms with Crippen molar-refractivity contribution in [2.75, 3.05) is 32.1 Å². The van der Waals surface area contributed by atoms with E-state index in [2.05, 4.69) is 15.5 Å². The van der Waals surface area contributed by atoms with Gasteiger partial charge in [-0.1, -0.05) is 5.10 Å². The smallest absolute Gasteiger partial charge is 0.322 e. The van der Waals surface area contributed by atoms with Crippen molar-refractivity contribution >= 4 is 21.9 Å². The summed E-state index contributed by atoms with van der Waals surface area (Å²) in [6.07, 6.45) is 0.780. The van der Waals surface area contributed by atoms with Crippen molar-refractivity contribution in [2.24, 2.45) is 5.92 Å². The van der Waals surface area contributed by atoms with Gasteiger partial charge in [-0.15, -0.1) is 5.10 Å². The molecular formula is C23H26N4O6S. The van der Waals surface area contributed by atoms with Gasteiger partial charge in [-0.2, -0.15) is 4.31 Å². The number of anilines is 1. The van der Waals surface area contributed by atoms with Gasteiger partial charge in [0.15, 0.2) is 0 Å². The minimum Gasteiger partial charge on any atom is -0.497 e. The first kappa shape index (κ1) is 23.7. The molecule has 2 aromatic carbocycles. The van der Waals surface area contributed by atoms with Crippen molar-refractivity contribution in [3.8, 4) is 23.0 Å². The monoisotopic (exact) mass is 486 g/mol. The molecule has 1 amide bonds. The van der Waals surface area contributed by atoms with E-state index < -0.39 is 10.0 Å². The lowest BCUT2D eigenvalue weighted by Crippen LogP contribution is -2.41. The molecule has 1 fully saturated rings. The Bertz CT molecular complexity index is 1220. The number of ether oxygens (including phenoxy) is 2. The predicted octanol–water partition coefficient (Wildman–Crippen LogP) is 3.18. The van der Waals surface area contributed by atoms with Gasteiger partial charge in [0, 0.05) is 24.6 Å². The molecule has 3 aromatic rings. The molecule has 0 atom stereocenters. The zero-order chi connectivity index (χ0) is 24.1. The molecule has 11 heteroatoms.